The molecular weight excluding hydrogens is 368 g/mol. The molecule has 4 atom stereocenters. The van der Waals surface area contributed by atoms with E-state index in [1.54, 1.807) is 32.9 Å². The molecule has 1 amide bonds. The fourth-order valence-corrected chi connectivity index (χ4v) is 3.79. The zero-order valence-electron chi connectivity index (χ0n) is 15.8. The molecular formula is C19H22N2O7. The summed E-state index contributed by atoms with van der Waals surface area (Å²) in [5.41, 5.74) is 1.87. The molecule has 0 bridgehead atoms. The van der Waals surface area contributed by atoms with E-state index in [9.17, 15) is 29.3 Å². The number of carboxylic acids is 1. The third-order valence-electron chi connectivity index (χ3n) is 5.18. The van der Waals surface area contributed by atoms with Crippen molar-refractivity contribution >= 4 is 29.1 Å². The lowest BCUT2D eigenvalue weighted by Gasteiger charge is -2.23. The molecule has 0 heterocycles. The van der Waals surface area contributed by atoms with Gasteiger partial charge in [0.05, 0.1) is 6.42 Å². The number of ketones is 2. The van der Waals surface area contributed by atoms with Gasteiger partial charge in [0.1, 0.15) is 5.78 Å². The molecule has 1 saturated carbocycles. The molecule has 9 nitrogen and oxygen atoms in total. The third kappa shape index (κ3) is 4.41. The fourth-order valence-electron chi connectivity index (χ4n) is 3.79. The van der Waals surface area contributed by atoms with Crippen molar-refractivity contribution in [2.45, 2.75) is 39.7 Å². The summed E-state index contributed by atoms with van der Waals surface area (Å²) in [6.07, 6.45) is -0.664. The van der Waals surface area contributed by atoms with E-state index in [0.717, 1.165) is 5.56 Å². The van der Waals surface area contributed by atoms with Crippen molar-refractivity contribution in [3.8, 4) is 0 Å². The lowest BCUT2D eigenvalue weighted by Crippen LogP contribution is -2.47. The van der Waals surface area contributed by atoms with E-state index in [2.05, 4.69) is 5.32 Å². The van der Waals surface area contributed by atoms with Crippen molar-refractivity contribution < 1.29 is 29.2 Å². The van der Waals surface area contributed by atoms with Crippen LogP contribution in [0, 0.1) is 41.7 Å². The summed E-state index contributed by atoms with van der Waals surface area (Å²) in [7, 11) is 0. The van der Waals surface area contributed by atoms with Gasteiger partial charge in [-0.2, -0.15) is 0 Å². The third-order valence-corrected chi connectivity index (χ3v) is 5.18. The van der Waals surface area contributed by atoms with Gasteiger partial charge < -0.3 is 10.4 Å². The first-order valence-corrected chi connectivity index (χ1v) is 8.83. The number of anilines is 1. The zero-order valence-corrected chi connectivity index (χ0v) is 15.8. The predicted octanol–water partition coefficient (Wildman–Crippen LogP) is 1.77. The highest BCUT2D eigenvalue weighted by Gasteiger charge is 2.54. The number of benzene rings is 1. The number of carbonyl (C=O) groups is 4. The fraction of sp³-hybridized carbons (Fsp3) is 0.474. The number of nitrogens with one attached hydrogen (secondary N) is 1. The van der Waals surface area contributed by atoms with Crippen LogP contribution < -0.4 is 5.32 Å². The monoisotopic (exact) mass is 390 g/mol. The van der Waals surface area contributed by atoms with Crippen LogP contribution in [0.4, 0.5) is 5.69 Å². The number of aryl methyl sites for hydroxylation is 2. The number of carbonyl (C=O) groups excluding carboxylic acids is 3. The largest absolute Gasteiger partial charge is 0.481 e. The molecule has 1 aliphatic carbocycles. The Labute approximate surface area is 161 Å². The molecule has 0 radical (unpaired) electrons. The molecule has 1 aliphatic rings. The molecule has 0 aliphatic heterocycles. The number of Topliss-reactive ketones (excluding diaryl/α,β-unsaturated/α-hetero) is 2. The number of carboxylic acid groups (broad SMARTS) is 1. The maximum atomic E-state index is 12.6. The van der Waals surface area contributed by atoms with Crippen LogP contribution in [-0.2, 0) is 19.2 Å². The summed E-state index contributed by atoms with van der Waals surface area (Å²) in [5, 5.41) is 23.1. The van der Waals surface area contributed by atoms with E-state index in [1.165, 1.54) is 0 Å². The second kappa shape index (κ2) is 8.28. The molecule has 9 heteroatoms. The van der Waals surface area contributed by atoms with E-state index < -0.39 is 58.6 Å². The number of aliphatic carboxylic acids is 1. The number of nitro groups is 1. The number of nitrogens with zero attached hydrogens (tertiary/aromatic N) is 1. The maximum Gasteiger partial charge on any atom is 0.304 e. The van der Waals surface area contributed by atoms with Crippen LogP contribution in [0.1, 0.15) is 30.9 Å². The number of rotatable bonds is 7. The van der Waals surface area contributed by atoms with E-state index in [-0.39, 0.29) is 6.42 Å². The van der Waals surface area contributed by atoms with Gasteiger partial charge in [0.25, 0.3) is 17.7 Å². The summed E-state index contributed by atoms with van der Waals surface area (Å²) < 4.78 is 0. The van der Waals surface area contributed by atoms with Crippen LogP contribution in [0.25, 0.3) is 0 Å². The van der Waals surface area contributed by atoms with Crippen molar-refractivity contribution in [3.05, 3.63) is 39.4 Å². The molecule has 0 aromatic heterocycles. The minimum Gasteiger partial charge on any atom is -0.481 e. The second-order valence-corrected chi connectivity index (χ2v) is 7.30. The smallest absolute Gasteiger partial charge is 0.304 e. The van der Waals surface area contributed by atoms with Crippen LogP contribution in [0.5, 0.6) is 0 Å². The first kappa shape index (κ1) is 21.2. The van der Waals surface area contributed by atoms with Gasteiger partial charge in [0, 0.05) is 28.9 Å². The van der Waals surface area contributed by atoms with Crippen LogP contribution in [0.2, 0.25) is 0 Å². The van der Waals surface area contributed by atoms with Gasteiger partial charge >= 0.3 is 5.97 Å². The summed E-state index contributed by atoms with van der Waals surface area (Å²) in [6.45, 7) is 5.06. The number of hydrogen-bond acceptors (Lipinski definition) is 6. The summed E-state index contributed by atoms with van der Waals surface area (Å²) >= 11 is 0. The van der Waals surface area contributed by atoms with Crippen LogP contribution in [-0.4, -0.2) is 39.5 Å². The Balaban J connectivity index is 2.31. The number of amides is 1. The zero-order chi connectivity index (χ0) is 21.2. The van der Waals surface area contributed by atoms with Crippen LogP contribution >= 0.6 is 0 Å². The van der Waals surface area contributed by atoms with Gasteiger partial charge in [-0.1, -0.05) is 19.1 Å². The van der Waals surface area contributed by atoms with Gasteiger partial charge in [0.2, 0.25) is 0 Å². The molecule has 2 N–H and O–H groups in total. The van der Waals surface area contributed by atoms with Crippen molar-refractivity contribution in [2.75, 3.05) is 5.32 Å². The Morgan fingerprint density at radius 1 is 1.32 bits per heavy atom. The van der Waals surface area contributed by atoms with Gasteiger partial charge in [-0.3, -0.25) is 29.3 Å². The molecule has 0 saturated heterocycles. The van der Waals surface area contributed by atoms with Gasteiger partial charge in [-0.25, -0.2) is 0 Å². The molecule has 1 aromatic rings. The Morgan fingerprint density at radius 3 is 2.54 bits per heavy atom. The Kier molecular flexibility index (Phi) is 6.27. The van der Waals surface area contributed by atoms with E-state index >= 15 is 0 Å². The Hall–Kier alpha value is -3.10. The maximum absolute atomic E-state index is 12.6. The van der Waals surface area contributed by atoms with Crippen molar-refractivity contribution in [2.24, 2.45) is 17.8 Å². The summed E-state index contributed by atoms with van der Waals surface area (Å²) in [6, 6.07) is 3.21. The Morgan fingerprint density at radius 2 is 1.96 bits per heavy atom. The SMILES string of the molecule is Cc1ccc(C)c(NC(=O)C(=O)[C@@H]([C@@H]2[C@H](C)CC(=O)[C@@H]2CC(=O)O)[N+](=O)[O-])c1. The first-order chi connectivity index (χ1) is 13.0. The van der Waals surface area contributed by atoms with E-state index in [0.29, 0.717) is 11.3 Å². The normalized spacial score (nSPS) is 22.5. The minimum atomic E-state index is -1.98. The van der Waals surface area contributed by atoms with Gasteiger partial charge in [-0.05, 0) is 37.0 Å². The lowest BCUT2D eigenvalue weighted by atomic mass is 9.80. The second-order valence-electron chi connectivity index (χ2n) is 7.30. The molecule has 150 valence electrons. The van der Waals surface area contributed by atoms with Crippen molar-refractivity contribution in [3.63, 3.8) is 0 Å². The average Bonchev–Trinajstić information content (AvgIpc) is 2.84. The standard InChI is InChI=1S/C19H22N2O7/c1-9-4-5-10(2)13(6-9)20-19(26)18(25)17(21(27)28)16-11(3)7-14(22)12(16)8-15(23)24/h4-6,11-12,16-17H,7-8H2,1-3H3,(H,20,26)(H,23,24)/t11-,12+,16-,17-/m1/s1. The Bertz CT molecular complexity index is 849. The van der Waals surface area contributed by atoms with Gasteiger partial charge in [-0.15, -0.1) is 0 Å². The van der Waals surface area contributed by atoms with Crippen LogP contribution in [0.15, 0.2) is 18.2 Å². The summed E-state index contributed by atoms with van der Waals surface area (Å²) in [4.78, 5) is 59.0. The molecule has 0 spiro atoms. The van der Waals surface area contributed by atoms with Crippen molar-refractivity contribution in [1.29, 1.82) is 0 Å². The minimum absolute atomic E-state index is 0.0567. The molecule has 2 rings (SSSR count). The quantitative estimate of drug-likeness (QED) is 0.410. The molecule has 1 fully saturated rings. The van der Waals surface area contributed by atoms with E-state index in [1.807, 2.05) is 6.07 Å². The average molecular weight is 390 g/mol. The highest BCUT2D eigenvalue weighted by atomic mass is 16.6. The van der Waals surface area contributed by atoms with Crippen molar-refractivity contribution in [1.82, 2.24) is 0 Å². The number of hydrogen-bond donors (Lipinski definition) is 2. The highest BCUT2D eigenvalue weighted by Crippen LogP contribution is 2.39. The van der Waals surface area contributed by atoms with E-state index in [4.69, 9.17) is 5.11 Å². The summed E-state index contributed by atoms with van der Waals surface area (Å²) in [5.74, 6) is -7.05. The molecule has 28 heavy (non-hydrogen) atoms. The van der Waals surface area contributed by atoms with Crippen LogP contribution in [0.3, 0.4) is 0 Å². The highest BCUT2D eigenvalue weighted by molar-refractivity contribution is 6.42. The molecule has 1 aromatic carbocycles. The predicted molar refractivity (Wildman–Crippen MR) is 98.4 cm³/mol. The van der Waals surface area contributed by atoms with Gasteiger partial charge in [0.15, 0.2) is 0 Å². The molecule has 0 unspecified atom stereocenters. The first-order valence-electron chi connectivity index (χ1n) is 8.83. The lowest BCUT2D eigenvalue weighted by molar-refractivity contribution is -0.518. The topological polar surface area (TPSA) is 144 Å².